The van der Waals surface area contributed by atoms with Gasteiger partial charge in [-0.25, -0.2) is 13.8 Å². The molecule has 1 aromatic carbocycles. The normalized spacial score (nSPS) is 17.9. The van der Waals surface area contributed by atoms with Gasteiger partial charge < -0.3 is 14.4 Å². The third kappa shape index (κ3) is 4.39. The molecule has 2 fully saturated rings. The number of morpholine rings is 1. The summed E-state index contributed by atoms with van der Waals surface area (Å²) in [5.41, 5.74) is 1.08. The lowest BCUT2D eigenvalue weighted by molar-refractivity contribution is 0.122. The number of rotatable bonds is 6. The molecule has 32 heavy (non-hydrogen) atoms. The molecule has 3 heterocycles. The molecule has 1 aliphatic heterocycles. The average Bonchev–Trinajstić information content (AvgIpc) is 3.24. The van der Waals surface area contributed by atoms with Crippen molar-refractivity contribution in [2.45, 2.75) is 38.5 Å². The Labute approximate surface area is 185 Å². The van der Waals surface area contributed by atoms with E-state index < -0.39 is 6.43 Å². The molecular formula is C23H27F2N5O2. The SMILES string of the molecule is FC(F)c1nc2ccccc2n1-c1cc(OCC2CCCCC2)nc(N2CCOCC2)n1. The molecule has 2 aliphatic rings. The highest BCUT2D eigenvalue weighted by molar-refractivity contribution is 5.78. The lowest BCUT2D eigenvalue weighted by Crippen LogP contribution is -2.37. The fourth-order valence-electron chi connectivity index (χ4n) is 4.48. The van der Waals surface area contributed by atoms with Gasteiger partial charge in [-0.2, -0.15) is 9.97 Å². The predicted molar refractivity (Wildman–Crippen MR) is 117 cm³/mol. The van der Waals surface area contributed by atoms with Gasteiger partial charge >= 0.3 is 0 Å². The summed E-state index contributed by atoms with van der Waals surface area (Å²) < 4.78 is 40.8. The Morgan fingerprint density at radius 2 is 1.81 bits per heavy atom. The maximum Gasteiger partial charge on any atom is 0.296 e. The van der Waals surface area contributed by atoms with Crippen LogP contribution in [0.5, 0.6) is 5.88 Å². The first-order valence-corrected chi connectivity index (χ1v) is 11.3. The zero-order chi connectivity index (χ0) is 21.9. The van der Waals surface area contributed by atoms with Crippen LogP contribution in [0.2, 0.25) is 0 Å². The van der Waals surface area contributed by atoms with Crippen molar-refractivity contribution in [3.63, 3.8) is 0 Å². The second kappa shape index (κ2) is 9.36. The molecule has 0 N–H and O–H groups in total. The summed E-state index contributed by atoms with van der Waals surface area (Å²) in [6.45, 7) is 2.99. The molecular weight excluding hydrogens is 416 g/mol. The van der Waals surface area contributed by atoms with Crippen molar-refractivity contribution < 1.29 is 18.3 Å². The van der Waals surface area contributed by atoms with Crippen LogP contribution in [0.4, 0.5) is 14.7 Å². The summed E-state index contributed by atoms with van der Waals surface area (Å²) >= 11 is 0. The van der Waals surface area contributed by atoms with E-state index in [4.69, 9.17) is 9.47 Å². The Morgan fingerprint density at radius 3 is 2.59 bits per heavy atom. The standard InChI is InChI=1S/C23H27F2N5O2/c24-21(25)22-26-17-8-4-5-9-18(17)30(22)19-14-20(32-15-16-6-2-1-3-7-16)28-23(27-19)29-10-12-31-13-11-29/h4-5,8-9,14,16,21H,1-3,6-7,10-13,15H2. The van der Waals surface area contributed by atoms with Crippen LogP contribution in [0, 0.1) is 5.92 Å². The van der Waals surface area contributed by atoms with Crippen molar-refractivity contribution in [3.8, 4) is 11.7 Å². The van der Waals surface area contributed by atoms with Gasteiger partial charge in [-0.15, -0.1) is 0 Å². The molecule has 1 saturated carbocycles. The molecule has 0 unspecified atom stereocenters. The van der Waals surface area contributed by atoms with Crippen molar-refractivity contribution in [2.75, 3.05) is 37.8 Å². The van der Waals surface area contributed by atoms with Crippen LogP contribution >= 0.6 is 0 Å². The van der Waals surface area contributed by atoms with Gasteiger partial charge in [0.05, 0.1) is 30.9 Å². The molecule has 1 saturated heterocycles. The number of hydrogen-bond donors (Lipinski definition) is 0. The Morgan fingerprint density at radius 1 is 1.03 bits per heavy atom. The fourth-order valence-corrected chi connectivity index (χ4v) is 4.48. The number of alkyl halides is 2. The van der Waals surface area contributed by atoms with Crippen molar-refractivity contribution >= 4 is 17.0 Å². The first-order chi connectivity index (χ1) is 15.7. The maximum absolute atomic E-state index is 13.9. The third-order valence-electron chi connectivity index (χ3n) is 6.17. The summed E-state index contributed by atoms with van der Waals surface area (Å²) in [6, 6.07) is 8.73. The van der Waals surface area contributed by atoms with Gasteiger partial charge in [-0.05, 0) is 30.9 Å². The zero-order valence-corrected chi connectivity index (χ0v) is 17.9. The number of nitrogens with zero attached hydrogens (tertiary/aromatic N) is 5. The van der Waals surface area contributed by atoms with E-state index in [1.807, 2.05) is 4.90 Å². The van der Waals surface area contributed by atoms with E-state index >= 15 is 0 Å². The lowest BCUT2D eigenvalue weighted by atomic mass is 9.90. The number of fused-ring (bicyclic) bond motifs is 1. The zero-order valence-electron chi connectivity index (χ0n) is 17.9. The van der Waals surface area contributed by atoms with Crippen molar-refractivity contribution in [3.05, 3.63) is 36.2 Å². The van der Waals surface area contributed by atoms with E-state index in [1.165, 1.54) is 23.8 Å². The minimum atomic E-state index is -2.74. The molecule has 5 rings (SSSR count). The smallest absolute Gasteiger partial charge is 0.296 e. The Bertz CT molecular complexity index is 1060. The highest BCUT2D eigenvalue weighted by atomic mass is 19.3. The van der Waals surface area contributed by atoms with E-state index in [2.05, 4.69) is 15.0 Å². The first kappa shape index (κ1) is 21.1. The number of ether oxygens (including phenoxy) is 2. The molecule has 3 aromatic rings. The largest absolute Gasteiger partial charge is 0.477 e. The summed E-state index contributed by atoms with van der Waals surface area (Å²) in [7, 11) is 0. The number of benzene rings is 1. The molecule has 1 aliphatic carbocycles. The van der Waals surface area contributed by atoms with Gasteiger partial charge in [0.1, 0.15) is 5.82 Å². The van der Waals surface area contributed by atoms with E-state index in [0.717, 1.165) is 12.8 Å². The number of halogens is 2. The van der Waals surface area contributed by atoms with E-state index in [0.29, 0.717) is 67.5 Å². The molecule has 0 spiro atoms. The number of para-hydroxylation sites is 2. The number of anilines is 1. The molecule has 0 bridgehead atoms. The van der Waals surface area contributed by atoms with E-state index in [1.54, 1.807) is 30.3 Å². The van der Waals surface area contributed by atoms with E-state index in [-0.39, 0.29) is 5.82 Å². The van der Waals surface area contributed by atoms with Crippen LogP contribution < -0.4 is 9.64 Å². The van der Waals surface area contributed by atoms with Gasteiger partial charge in [0.25, 0.3) is 6.43 Å². The molecule has 7 nitrogen and oxygen atoms in total. The number of aromatic nitrogens is 4. The minimum absolute atomic E-state index is 0.337. The van der Waals surface area contributed by atoms with Gasteiger partial charge in [-0.3, -0.25) is 4.57 Å². The highest BCUT2D eigenvalue weighted by Crippen LogP contribution is 2.30. The number of hydrogen-bond acceptors (Lipinski definition) is 6. The van der Waals surface area contributed by atoms with Gasteiger partial charge in [0.15, 0.2) is 5.82 Å². The van der Waals surface area contributed by atoms with Crippen LogP contribution in [-0.2, 0) is 4.74 Å². The van der Waals surface area contributed by atoms with Crippen LogP contribution in [0.25, 0.3) is 16.9 Å². The third-order valence-corrected chi connectivity index (χ3v) is 6.17. The van der Waals surface area contributed by atoms with Crippen molar-refractivity contribution in [2.24, 2.45) is 5.92 Å². The molecule has 0 radical (unpaired) electrons. The molecule has 0 amide bonds. The maximum atomic E-state index is 13.9. The molecule has 170 valence electrons. The predicted octanol–water partition coefficient (Wildman–Crippen LogP) is 4.55. The Hall–Kier alpha value is -2.81. The van der Waals surface area contributed by atoms with E-state index in [9.17, 15) is 8.78 Å². The summed E-state index contributed by atoms with van der Waals surface area (Å²) in [5.74, 6) is 1.36. The quantitative estimate of drug-likeness (QED) is 0.557. The molecule has 0 atom stereocenters. The van der Waals surface area contributed by atoms with Gasteiger partial charge in [0.2, 0.25) is 11.8 Å². The second-order valence-electron chi connectivity index (χ2n) is 8.37. The average molecular weight is 443 g/mol. The minimum Gasteiger partial charge on any atom is -0.477 e. The van der Waals surface area contributed by atoms with Crippen LogP contribution in [-0.4, -0.2) is 52.4 Å². The van der Waals surface area contributed by atoms with Crippen LogP contribution in [0.3, 0.4) is 0 Å². The number of imidazole rings is 1. The second-order valence-corrected chi connectivity index (χ2v) is 8.37. The van der Waals surface area contributed by atoms with Gasteiger partial charge in [-0.1, -0.05) is 31.4 Å². The van der Waals surface area contributed by atoms with Crippen LogP contribution in [0.15, 0.2) is 30.3 Å². The van der Waals surface area contributed by atoms with Gasteiger partial charge in [0, 0.05) is 19.2 Å². The lowest BCUT2D eigenvalue weighted by Gasteiger charge is -2.27. The summed E-state index contributed by atoms with van der Waals surface area (Å²) in [5, 5.41) is 0. The fraction of sp³-hybridized carbons (Fsp3) is 0.522. The van der Waals surface area contributed by atoms with Crippen molar-refractivity contribution in [1.82, 2.24) is 19.5 Å². The molecule has 2 aromatic heterocycles. The topological polar surface area (TPSA) is 65.3 Å². The molecule has 9 heteroatoms. The summed E-state index contributed by atoms with van der Waals surface area (Å²) in [4.78, 5) is 15.4. The first-order valence-electron chi connectivity index (χ1n) is 11.3. The Kier molecular flexibility index (Phi) is 6.16. The Balaban J connectivity index is 1.55. The summed E-state index contributed by atoms with van der Waals surface area (Å²) in [6.07, 6.45) is 3.28. The highest BCUT2D eigenvalue weighted by Gasteiger charge is 2.24. The van der Waals surface area contributed by atoms with Crippen molar-refractivity contribution in [1.29, 1.82) is 0 Å². The monoisotopic (exact) mass is 443 g/mol. The van der Waals surface area contributed by atoms with Crippen LogP contribution in [0.1, 0.15) is 44.4 Å².